The van der Waals surface area contributed by atoms with Crippen molar-refractivity contribution >= 4 is 17.6 Å². The molecule has 6 heteroatoms. The molecule has 1 fully saturated rings. The number of anilines is 1. The molecule has 6 nitrogen and oxygen atoms in total. The number of carbonyl (C=O) groups is 2. The molecule has 1 aromatic rings. The molecule has 0 aliphatic carbocycles. The lowest BCUT2D eigenvalue weighted by Crippen LogP contribution is -2.28. The van der Waals surface area contributed by atoms with Gasteiger partial charge < -0.3 is 20.9 Å². The van der Waals surface area contributed by atoms with Gasteiger partial charge >= 0.3 is 5.97 Å². The second-order valence-electron chi connectivity index (χ2n) is 3.72. The van der Waals surface area contributed by atoms with Crippen molar-refractivity contribution in [2.45, 2.75) is 12.5 Å². The summed E-state index contributed by atoms with van der Waals surface area (Å²) in [5.41, 5.74) is 5.84. The van der Waals surface area contributed by atoms with Crippen LogP contribution in [0.1, 0.15) is 16.8 Å². The summed E-state index contributed by atoms with van der Waals surface area (Å²) in [5.74, 6) is -1.32. The summed E-state index contributed by atoms with van der Waals surface area (Å²) in [6.45, 7) is 0.526. The first-order valence-corrected chi connectivity index (χ1v) is 5.15. The highest BCUT2D eigenvalue weighted by Gasteiger charge is 2.28. The molecule has 1 atom stereocenters. The van der Waals surface area contributed by atoms with Gasteiger partial charge in [0.1, 0.15) is 5.56 Å². The summed E-state index contributed by atoms with van der Waals surface area (Å²) in [5, 5.41) is 11.6. The van der Waals surface area contributed by atoms with Gasteiger partial charge in [-0.2, -0.15) is 0 Å². The highest BCUT2D eigenvalue weighted by atomic mass is 16.5. The monoisotopic (exact) mass is 236 g/mol. The van der Waals surface area contributed by atoms with Gasteiger partial charge in [-0.3, -0.25) is 4.79 Å². The zero-order chi connectivity index (χ0) is 12.4. The highest BCUT2D eigenvalue weighted by molar-refractivity contribution is 5.93. The first kappa shape index (κ1) is 11.3. The van der Waals surface area contributed by atoms with Crippen LogP contribution in [0.25, 0.3) is 0 Å². The fourth-order valence-electron chi connectivity index (χ4n) is 1.68. The first-order valence-electron chi connectivity index (χ1n) is 5.15. The molecule has 90 valence electrons. The van der Waals surface area contributed by atoms with Gasteiger partial charge in [-0.05, 0) is 12.1 Å². The number of para-hydroxylation sites is 1. The van der Waals surface area contributed by atoms with Crippen LogP contribution in [-0.4, -0.2) is 29.6 Å². The van der Waals surface area contributed by atoms with Gasteiger partial charge in [0, 0.05) is 13.0 Å². The molecule has 1 aliphatic heterocycles. The third kappa shape index (κ3) is 2.15. The summed E-state index contributed by atoms with van der Waals surface area (Å²) in [7, 11) is 0. The van der Waals surface area contributed by atoms with Gasteiger partial charge in [0.25, 0.3) is 5.91 Å². The minimum Gasteiger partial charge on any atom is -0.478 e. The largest absolute Gasteiger partial charge is 0.478 e. The van der Waals surface area contributed by atoms with Gasteiger partial charge in [0.2, 0.25) is 0 Å². The maximum Gasteiger partial charge on any atom is 0.339 e. The maximum atomic E-state index is 11.3. The number of amides is 1. The number of ether oxygens (including phenoxy) is 1. The van der Waals surface area contributed by atoms with Gasteiger partial charge in [-0.25, -0.2) is 4.79 Å². The van der Waals surface area contributed by atoms with E-state index in [1.165, 1.54) is 18.2 Å². The van der Waals surface area contributed by atoms with Gasteiger partial charge in [0.15, 0.2) is 11.9 Å². The smallest absolute Gasteiger partial charge is 0.339 e. The zero-order valence-electron chi connectivity index (χ0n) is 8.97. The van der Waals surface area contributed by atoms with E-state index in [-0.39, 0.29) is 22.9 Å². The Morgan fingerprint density at radius 1 is 1.53 bits per heavy atom. The summed E-state index contributed by atoms with van der Waals surface area (Å²) < 4.78 is 5.39. The zero-order valence-corrected chi connectivity index (χ0v) is 8.97. The first-order chi connectivity index (χ1) is 8.09. The van der Waals surface area contributed by atoms with E-state index >= 15 is 0 Å². The lowest BCUT2D eigenvalue weighted by atomic mass is 10.1. The van der Waals surface area contributed by atoms with Crippen molar-refractivity contribution in [2.75, 3.05) is 12.3 Å². The van der Waals surface area contributed by atoms with E-state index < -0.39 is 12.1 Å². The number of nitrogens with one attached hydrogen (secondary N) is 1. The van der Waals surface area contributed by atoms with Crippen LogP contribution in [0.4, 0.5) is 5.69 Å². The molecule has 1 aromatic carbocycles. The van der Waals surface area contributed by atoms with Crippen LogP contribution in [0.15, 0.2) is 18.2 Å². The van der Waals surface area contributed by atoms with E-state index in [1.807, 2.05) is 0 Å². The normalized spacial score (nSPS) is 18.8. The number of hydrogen-bond acceptors (Lipinski definition) is 4. The van der Waals surface area contributed by atoms with Crippen LogP contribution in [0.5, 0.6) is 5.75 Å². The van der Waals surface area contributed by atoms with E-state index in [9.17, 15) is 9.59 Å². The number of carbonyl (C=O) groups excluding carboxylic acids is 1. The lowest BCUT2D eigenvalue weighted by molar-refractivity contribution is -0.124. The Morgan fingerprint density at radius 2 is 2.29 bits per heavy atom. The van der Waals surface area contributed by atoms with E-state index in [4.69, 9.17) is 15.6 Å². The molecule has 4 N–H and O–H groups in total. The minimum absolute atomic E-state index is 0.0373. The molecule has 1 heterocycles. The Kier molecular flexibility index (Phi) is 2.86. The molecule has 0 spiro atoms. The fourth-order valence-corrected chi connectivity index (χ4v) is 1.68. The van der Waals surface area contributed by atoms with Crippen LogP contribution in [0.2, 0.25) is 0 Å². The van der Waals surface area contributed by atoms with Crippen molar-refractivity contribution in [1.29, 1.82) is 0 Å². The standard InChI is InChI=1S/C11H12N2O4/c12-7-3-1-2-6(11(15)16)9(7)17-8-4-5-13-10(8)14/h1-3,8H,4-5,12H2,(H,13,14)(H,15,16). The second-order valence-corrected chi connectivity index (χ2v) is 3.72. The number of rotatable bonds is 3. The highest BCUT2D eigenvalue weighted by Crippen LogP contribution is 2.28. The van der Waals surface area contributed by atoms with Crippen molar-refractivity contribution in [3.05, 3.63) is 23.8 Å². The van der Waals surface area contributed by atoms with E-state index in [0.29, 0.717) is 13.0 Å². The van der Waals surface area contributed by atoms with Gasteiger partial charge in [-0.1, -0.05) is 6.07 Å². The van der Waals surface area contributed by atoms with Crippen molar-refractivity contribution in [1.82, 2.24) is 5.32 Å². The van der Waals surface area contributed by atoms with Crippen LogP contribution in [0.3, 0.4) is 0 Å². The Labute approximate surface area is 97.4 Å². The minimum atomic E-state index is -1.13. The Morgan fingerprint density at radius 3 is 2.88 bits per heavy atom. The predicted octanol–water partition coefficient (Wildman–Crippen LogP) is 0.234. The Balaban J connectivity index is 2.31. The molecular formula is C11H12N2O4. The topological polar surface area (TPSA) is 102 Å². The maximum absolute atomic E-state index is 11.3. The SMILES string of the molecule is Nc1cccc(C(=O)O)c1OC1CCNC1=O. The molecule has 1 aliphatic rings. The number of carboxylic acids is 1. The second kappa shape index (κ2) is 4.32. The van der Waals surface area contributed by atoms with E-state index in [0.717, 1.165) is 0 Å². The number of aromatic carboxylic acids is 1. The molecule has 1 amide bonds. The molecule has 2 rings (SSSR count). The Hall–Kier alpha value is -2.24. The average molecular weight is 236 g/mol. The lowest BCUT2D eigenvalue weighted by Gasteiger charge is -2.15. The number of nitrogen functional groups attached to an aromatic ring is 1. The summed E-state index contributed by atoms with van der Waals surface area (Å²) in [4.78, 5) is 22.3. The van der Waals surface area contributed by atoms with Gasteiger partial charge in [0.05, 0.1) is 5.69 Å². The van der Waals surface area contributed by atoms with Gasteiger partial charge in [-0.15, -0.1) is 0 Å². The summed E-state index contributed by atoms with van der Waals surface area (Å²) in [6.07, 6.45) is -0.163. The third-order valence-corrected chi connectivity index (χ3v) is 2.53. The molecule has 1 saturated heterocycles. The molecule has 0 bridgehead atoms. The molecule has 1 unspecified atom stereocenters. The predicted molar refractivity (Wildman–Crippen MR) is 59.9 cm³/mol. The average Bonchev–Trinajstić information content (AvgIpc) is 2.67. The number of carboxylic acid groups (broad SMARTS) is 1. The summed E-state index contributed by atoms with van der Waals surface area (Å²) in [6, 6.07) is 4.45. The molecular weight excluding hydrogens is 224 g/mol. The molecule has 17 heavy (non-hydrogen) atoms. The van der Waals surface area contributed by atoms with Crippen molar-refractivity contribution in [2.24, 2.45) is 0 Å². The molecule has 0 saturated carbocycles. The van der Waals surface area contributed by atoms with Crippen molar-refractivity contribution < 1.29 is 19.4 Å². The third-order valence-electron chi connectivity index (χ3n) is 2.53. The van der Waals surface area contributed by atoms with Crippen LogP contribution >= 0.6 is 0 Å². The van der Waals surface area contributed by atoms with E-state index in [1.54, 1.807) is 0 Å². The van der Waals surface area contributed by atoms with Crippen LogP contribution in [0, 0.1) is 0 Å². The van der Waals surface area contributed by atoms with Crippen molar-refractivity contribution in [3.63, 3.8) is 0 Å². The number of benzene rings is 1. The van der Waals surface area contributed by atoms with E-state index in [2.05, 4.69) is 5.32 Å². The summed E-state index contributed by atoms with van der Waals surface area (Å²) >= 11 is 0. The quantitative estimate of drug-likeness (QED) is 0.652. The number of hydrogen-bond donors (Lipinski definition) is 3. The molecule has 0 radical (unpaired) electrons. The van der Waals surface area contributed by atoms with Crippen LogP contribution in [-0.2, 0) is 4.79 Å². The van der Waals surface area contributed by atoms with Crippen LogP contribution < -0.4 is 15.8 Å². The fraction of sp³-hybridized carbons (Fsp3) is 0.273. The number of nitrogens with two attached hydrogens (primary N) is 1. The van der Waals surface area contributed by atoms with Crippen molar-refractivity contribution in [3.8, 4) is 5.75 Å². The Bertz CT molecular complexity index is 473. The molecule has 0 aromatic heterocycles.